The number of nitrogens with zero attached hydrogens (tertiary/aromatic N) is 1. The predicted octanol–water partition coefficient (Wildman–Crippen LogP) is 4.59. The molecule has 198 valence electrons. The summed E-state index contributed by atoms with van der Waals surface area (Å²) in [5.41, 5.74) is 1.75. The highest BCUT2D eigenvalue weighted by molar-refractivity contribution is 6.01. The molecule has 8 heteroatoms. The molecule has 0 amide bonds. The summed E-state index contributed by atoms with van der Waals surface area (Å²) in [6, 6.07) is 29.2. The summed E-state index contributed by atoms with van der Waals surface area (Å²) in [5, 5.41) is 4.30. The zero-order valence-corrected chi connectivity index (χ0v) is 21.4. The topological polar surface area (TPSA) is 84.8 Å². The Kier molecular flexibility index (Phi) is 8.14. The average molecular weight is 518 g/mol. The number of carbonyl (C=O) groups excluding carboxylic acids is 1. The van der Waals surface area contributed by atoms with E-state index < -0.39 is 36.2 Å². The van der Waals surface area contributed by atoms with Crippen LogP contribution in [0.5, 0.6) is 0 Å². The third kappa shape index (κ3) is 5.49. The van der Waals surface area contributed by atoms with Gasteiger partial charge in [0.05, 0.1) is 19.8 Å². The van der Waals surface area contributed by atoms with E-state index in [2.05, 4.69) is 5.16 Å². The smallest absolute Gasteiger partial charge is 0.303 e. The molecule has 1 aliphatic heterocycles. The standard InChI is InChI=1S/C30H31NO7/c1-21(32)38-30-20-36-29(24-16-10-5-11-17-24)37-28(30)26(35-19-23-14-8-4-9-15-23)25(27(30)31-33-2)34-18-22-12-6-3-7-13-22/h3-17,25-26,28-29H,18-20H2,1-2H3/b31-27-/t25-,26-,28+,29-,30+/m1/s1. The first kappa shape index (κ1) is 26.1. The summed E-state index contributed by atoms with van der Waals surface area (Å²) in [6.45, 7) is 1.92. The number of hydrogen-bond donors (Lipinski definition) is 0. The number of hydrogen-bond acceptors (Lipinski definition) is 8. The Morgan fingerprint density at radius 2 is 1.47 bits per heavy atom. The van der Waals surface area contributed by atoms with E-state index in [9.17, 15) is 4.79 Å². The van der Waals surface area contributed by atoms with Gasteiger partial charge in [-0.1, -0.05) is 96.2 Å². The summed E-state index contributed by atoms with van der Waals surface area (Å²) in [5.74, 6) is -0.505. The highest BCUT2D eigenvalue weighted by Crippen LogP contribution is 2.45. The van der Waals surface area contributed by atoms with Gasteiger partial charge in [-0.05, 0) is 11.1 Å². The highest BCUT2D eigenvalue weighted by atomic mass is 16.7. The molecule has 1 saturated carbocycles. The van der Waals surface area contributed by atoms with Gasteiger partial charge >= 0.3 is 5.97 Å². The Morgan fingerprint density at radius 3 is 2.05 bits per heavy atom. The number of rotatable bonds is 9. The van der Waals surface area contributed by atoms with Crippen LogP contribution in [0.15, 0.2) is 96.2 Å². The Morgan fingerprint density at radius 1 is 0.895 bits per heavy atom. The molecular weight excluding hydrogens is 486 g/mol. The number of carbonyl (C=O) groups is 1. The fourth-order valence-corrected chi connectivity index (χ4v) is 4.97. The van der Waals surface area contributed by atoms with Crippen LogP contribution >= 0.6 is 0 Å². The Labute approximate surface area is 222 Å². The summed E-state index contributed by atoms with van der Waals surface area (Å²) in [6.07, 6.45) is -2.88. The maximum Gasteiger partial charge on any atom is 0.303 e. The first-order chi connectivity index (χ1) is 18.6. The molecule has 5 atom stereocenters. The van der Waals surface area contributed by atoms with Gasteiger partial charge in [0, 0.05) is 12.5 Å². The monoisotopic (exact) mass is 517 g/mol. The van der Waals surface area contributed by atoms with Gasteiger partial charge in [-0.25, -0.2) is 0 Å². The van der Waals surface area contributed by atoms with Crippen LogP contribution in [0.25, 0.3) is 0 Å². The van der Waals surface area contributed by atoms with E-state index >= 15 is 0 Å². The molecule has 0 bridgehead atoms. The van der Waals surface area contributed by atoms with Crippen molar-refractivity contribution in [3.63, 3.8) is 0 Å². The van der Waals surface area contributed by atoms with Crippen LogP contribution in [0, 0.1) is 0 Å². The molecule has 2 aliphatic rings. The quantitative estimate of drug-likeness (QED) is 0.303. The van der Waals surface area contributed by atoms with Gasteiger partial charge in [0.2, 0.25) is 5.60 Å². The van der Waals surface area contributed by atoms with Crippen LogP contribution in [0.3, 0.4) is 0 Å². The van der Waals surface area contributed by atoms with E-state index in [0.29, 0.717) is 12.3 Å². The van der Waals surface area contributed by atoms with Crippen LogP contribution in [0.2, 0.25) is 0 Å². The van der Waals surface area contributed by atoms with Crippen LogP contribution in [0.4, 0.5) is 0 Å². The number of oxime groups is 1. The third-order valence-corrected chi connectivity index (χ3v) is 6.62. The Balaban J connectivity index is 1.52. The number of ether oxygens (including phenoxy) is 5. The minimum Gasteiger partial charge on any atom is -0.447 e. The first-order valence-electron chi connectivity index (χ1n) is 12.5. The molecule has 3 aromatic carbocycles. The molecule has 0 N–H and O–H groups in total. The van der Waals surface area contributed by atoms with E-state index in [4.69, 9.17) is 28.5 Å². The van der Waals surface area contributed by atoms with Gasteiger partial charge in [0.25, 0.3) is 0 Å². The van der Waals surface area contributed by atoms with Crippen molar-refractivity contribution in [1.82, 2.24) is 0 Å². The Hall–Kier alpha value is -3.56. The van der Waals surface area contributed by atoms with Crippen LogP contribution in [0.1, 0.15) is 29.9 Å². The maximum absolute atomic E-state index is 12.4. The lowest BCUT2D eigenvalue weighted by Crippen LogP contribution is -2.58. The van der Waals surface area contributed by atoms with Crippen molar-refractivity contribution in [2.24, 2.45) is 5.16 Å². The lowest BCUT2D eigenvalue weighted by Gasteiger charge is -2.42. The second-order valence-corrected chi connectivity index (χ2v) is 9.23. The summed E-state index contributed by atoms with van der Waals surface area (Å²) >= 11 is 0. The van der Waals surface area contributed by atoms with Gasteiger partial charge < -0.3 is 28.5 Å². The number of benzene rings is 3. The largest absolute Gasteiger partial charge is 0.447 e. The Bertz CT molecular complexity index is 1220. The molecule has 5 rings (SSSR count). The van der Waals surface area contributed by atoms with E-state index in [1.807, 2.05) is 91.0 Å². The predicted molar refractivity (Wildman–Crippen MR) is 139 cm³/mol. The molecule has 1 heterocycles. The van der Waals surface area contributed by atoms with Crippen LogP contribution in [-0.2, 0) is 46.5 Å². The molecule has 1 saturated heterocycles. The molecule has 38 heavy (non-hydrogen) atoms. The van der Waals surface area contributed by atoms with E-state index in [1.165, 1.54) is 14.0 Å². The van der Waals surface area contributed by atoms with Gasteiger partial charge in [-0.15, -0.1) is 0 Å². The molecule has 3 aromatic rings. The minimum absolute atomic E-state index is 0.00457. The fourth-order valence-electron chi connectivity index (χ4n) is 4.97. The maximum atomic E-state index is 12.4. The molecule has 0 spiro atoms. The first-order valence-corrected chi connectivity index (χ1v) is 12.5. The second-order valence-electron chi connectivity index (χ2n) is 9.23. The van der Waals surface area contributed by atoms with Gasteiger partial charge in [-0.2, -0.15) is 0 Å². The lowest BCUT2D eigenvalue weighted by atomic mass is 9.96. The van der Waals surface area contributed by atoms with Gasteiger partial charge in [0.15, 0.2) is 6.29 Å². The molecule has 0 radical (unpaired) electrons. The summed E-state index contributed by atoms with van der Waals surface area (Å²) < 4.78 is 31.5. The van der Waals surface area contributed by atoms with Crippen LogP contribution in [-0.4, -0.2) is 49.3 Å². The van der Waals surface area contributed by atoms with Crippen molar-refractivity contribution in [2.75, 3.05) is 13.7 Å². The SMILES string of the molecule is CO/N=C1/[C@H](OCc2ccccc2)[C@@H](OCc2ccccc2)[C@@H]2O[C@H](c3ccccc3)OC[C@]12OC(C)=O. The molecule has 0 aromatic heterocycles. The van der Waals surface area contributed by atoms with Crippen molar-refractivity contribution in [2.45, 2.75) is 50.3 Å². The minimum atomic E-state index is -1.39. The van der Waals surface area contributed by atoms with E-state index in [0.717, 1.165) is 16.7 Å². The zero-order valence-electron chi connectivity index (χ0n) is 21.4. The molecule has 8 nitrogen and oxygen atoms in total. The fraction of sp³-hybridized carbons (Fsp3) is 0.333. The number of esters is 1. The molecular formula is C30H31NO7. The van der Waals surface area contributed by atoms with E-state index in [1.54, 1.807) is 0 Å². The second kappa shape index (κ2) is 11.9. The highest BCUT2D eigenvalue weighted by Gasteiger charge is 2.67. The van der Waals surface area contributed by atoms with Gasteiger partial charge in [0.1, 0.15) is 31.1 Å². The molecule has 0 unspecified atom stereocenters. The van der Waals surface area contributed by atoms with Gasteiger partial charge in [-0.3, -0.25) is 4.79 Å². The summed E-state index contributed by atoms with van der Waals surface area (Å²) in [4.78, 5) is 17.6. The molecule has 1 aliphatic carbocycles. The number of fused-ring (bicyclic) bond motifs is 1. The van der Waals surface area contributed by atoms with Crippen molar-refractivity contribution in [3.05, 3.63) is 108 Å². The van der Waals surface area contributed by atoms with Crippen molar-refractivity contribution >= 4 is 11.7 Å². The third-order valence-electron chi connectivity index (χ3n) is 6.62. The zero-order chi connectivity index (χ0) is 26.4. The van der Waals surface area contributed by atoms with E-state index in [-0.39, 0.29) is 13.2 Å². The normalized spacial score (nSPS) is 27.6. The van der Waals surface area contributed by atoms with Crippen LogP contribution < -0.4 is 0 Å². The van der Waals surface area contributed by atoms with Crippen molar-refractivity contribution < 1.29 is 33.3 Å². The van der Waals surface area contributed by atoms with Crippen molar-refractivity contribution in [3.8, 4) is 0 Å². The molecule has 2 fully saturated rings. The average Bonchev–Trinajstić information content (AvgIpc) is 3.19. The van der Waals surface area contributed by atoms with Crippen molar-refractivity contribution in [1.29, 1.82) is 0 Å². The summed E-state index contributed by atoms with van der Waals surface area (Å²) in [7, 11) is 1.44. The lowest BCUT2D eigenvalue weighted by molar-refractivity contribution is -0.294.